The quantitative estimate of drug-likeness (QED) is 0.884. The molecule has 1 heterocycles. The Morgan fingerprint density at radius 2 is 2.24 bits per heavy atom. The number of nitrogens with two attached hydrogens (primary N) is 1. The minimum Gasteiger partial charge on any atom is -0.366 e. The van der Waals surface area contributed by atoms with Crippen molar-refractivity contribution in [2.45, 2.75) is 5.01 Å². The van der Waals surface area contributed by atoms with Gasteiger partial charge in [-0.1, -0.05) is 28.1 Å². The lowest BCUT2D eigenvalue weighted by Gasteiger charge is -2.08. The van der Waals surface area contributed by atoms with Gasteiger partial charge in [-0.25, -0.2) is 0 Å². The molecule has 1 atom stereocenters. The van der Waals surface area contributed by atoms with E-state index in [1.54, 1.807) is 13.2 Å². The Labute approximate surface area is 107 Å². The molecular weight excluding hydrogens is 284 g/mol. The molecule has 0 fully saturated rings. The zero-order valence-electron chi connectivity index (χ0n) is 9.18. The molecule has 0 aliphatic carbocycles. The molecule has 1 aromatic carbocycles. The van der Waals surface area contributed by atoms with Gasteiger partial charge in [-0.3, -0.25) is 9.78 Å². The van der Waals surface area contributed by atoms with Gasteiger partial charge in [0.2, 0.25) is 5.91 Å². The third-order valence-corrected chi connectivity index (χ3v) is 3.36. The molecule has 2 rings (SSSR count). The minimum absolute atomic E-state index is 0.162. The average Bonchev–Trinajstić information content (AvgIpc) is 2.36. The molecule has 0 aliphatic heterocycles. The van der Waals surface area contributed by atoms with Crippen molar-refractivity contribution < 1.29 is 9.53 Å². The lowest BCUT2D eigenvalue weighted by molar-refractivity contribution is 0.1000. The fraction of sp³-hybridized carbons (Fsp3) is 0.167. The fourth-order valence-electron chi connectivity index (χ4n) is 1.55. The predicted octanol–water partition coefficient (Wildman–Crippen LogP) is 2.37. The molecule has 17 heavy (non-hydrogen) atoms. The Bertz CT molecular complexity index is 571. The summed E-state index contributed by atoms with van der Waals surface area (Å²) in [5, 5.41) is 0.713. The molecule has 0 aliphatic rings. The van der Waals surface area contributed by atoms with E-state index in [0.29, 0.717) is 5.56 Å². The number of hydrogen-bond donors (Lipinski definition) is 1. The van der Waals surface area contributed by atoms with Gasteiger partial charge in [0, 0.05) is 18.7 Å². The van der Waals surface area contributed by atoms with Gasteiger partial charge in [0.15, 0.2) is 0 Å². The van der Waals surface area contributed by atoms with E-state index >= 15 is 0 Å². The Kier molecular flexibility index (Phi) is 3.40. The molecule has 0 spiro atoms. The molecule has 88 valence electrons. The number of pyridine rings is 1. The van der Waals surface area contributed by atoms with Crippen molar-refractivity contribution in [2.75, 3.05) is 7.11 Å². The zero-order valence-corrected chi connectivity index (χ0v) is 10.8. The second kappa shape index (κ2) is 4.81. The van der Waals surface area contributed by atoms with Crippen LogP contribution in [0.25, 0.3) is 10.9 Å². The van der Waals surface area contributed by atoms with Crippen LogP contribution in [0, 0.1) is 0 Å². The number of methoxy groups -OCH3 is 1. The third-order valence-electron chi connectivity index (χ3n) is 2.46. The van der Waals surface area contributed by atoms with Gasteiger partial charge in [0.05, 0.1) is 11.1 Å². The van der Waals surface area contributed by atoms with E-state index in [-0.39, 0.29) is 5.01 Å². The standard InChI is InChI=1S/C12H11BrN2O2/c1-17-11(13)8-3-2-7-4-9(12(14)16)6-15-10(7)5-8/h2-6,11H,1H3,(H2,14,16). The number of ether oxygens (including phenoxy) is 1. The average molecular weight is 295 g/mol. The van der Waals surface area contributed by atoms with Crippen molar-refractivity contribution in [1.29, 1.82) is 0 Å². The molecule has 4 nitrogen and oxygen atoms in total. The van der Waals surface area contributed by atoms with Gasteiger partial charge < -0.3 is 10.5 Å². The highest BCUT2D eigenvalue weighted by atomic mass is 79.9. The molecule has 2 N–H and O–H groups in total. The lowest BCUT2D eigenvalue weighted by atomic mass is 10.1. The van der Waals surface area contributed by atoms with Crippen molar-refractivity contribution in [2.24, 2.45) is 5.73 Å². The van der Waals surface area contributed by atoms with Crippen LogP contribution in [-0.2, 0) is 4.74 Å². The highest BCUT2D eigenvalue weighted by Crippen LogP contribution is 2.26. The van der Waals surface area contributed by atoms with Crippen LogP contribution in [0.3, 0.4) is 0 Å². The lowest BCUT2D eigenvalue weighted by Crippen LogP contribution is -2.11. The number of carbonyl (C=O) groups excluding carboxylic acids is 1. The summed E-state index contributed by atoms with van der Waals surface area (Å²) in [6, 6.07) is 7.43. The van der Waals surface area contributed by atoms with Crippen LogP contribution in [0.4, 0.5) is 0 Å². The molecule has 5 heteroatoms. The highest BCUT2D eigenvalue weighted by molar-refractivity contribution is 9.09. The SMILES string of the molecule is COC(Br)c1ccc2cc(C(N)=O)cnc2c1. The molecule has 1 unspecified atom stereocenters. The van der Waals surface area contributed by atoms with Crippen LogP contribution in [0.2, 0.25) is 0 Å². The number of fused-ring (bicyclic) bond motifs is 1. The van der Waals surface area contributed by atoms with Crippen molar-refractivity contribution >= 4 is 32.7 Å². The van der Waals surface area contributed by atoms with Crippen LogP contribution >= 0.6 is 15.9 Å². The number of rotatable bonds is 3. The molecule has 2 aromatic rings. The number of nitrogens with zero attached hydrogens (tertiary/aromatic N) is 1. The van der Waals surface area contributed by atoms with E-state index in [1.807, 2.05) is 18.2 Å². The Morgan fingerprint density at radius 1 is 1.47 bits per heavy atom. The smallest absolute Gasteiger partial charge is 0.250 e. The molecule has 0 bridgehead atoms. The molecule has 0 saturated heterocycles. The number of alkyl halides is 1. The molecule has 0 saturated carbocycles. The molecule has 1 amide bonds. The number of carbonyl (C=O) groups is 1. The third kappa shape index (κ3) is 2.45. The summed E-state index contributed by atoms with van der Waals surface area (Å²) in [6.45, 7) is 0. The fourth-order valence-corrected chi connectivity index (χ4v) is 1.84. The number of amides is 1. The Balaban J connectivity index is 2.50. The van der Waals surface area contributed by atoms with Gasteiger partial charge in [-0.15, -0.1) is 0 Å². The second-order valence-corrected chi connectivity index (χ2v) is 4.42. The monoisotopic (exact) mass is 294 g/mol. The van der Waals surface area contributed by atoms with Gasteiger partial charge in [0.25, 0.3) is 0 Å². The topological polar surface area (TPSA) is 65.2 Å². The van der Waals surface area contributed by atoms with E-state index < -0.39 is 5.91 Å². The first-order valence-corrected chi connectivity index (χ1v) is 5.90. The number of aromatic nitrogens is 1. The molecule has 1 aromatic heterocycles. The van der Waals surface area contributed by atoms with Crippen LogP contribution in [-0.4, -0.2) is 18.0 Å². The van der Waals surface area contributed by atoms with Crippen LogP contribution in [0.5, 0.6) is 0 Å². The van der Waals surface area contributed by atoms with Crippen molar-refractivity contribution in [3.63, 3.8) is 0 Å². The van der Waals surface area contributed by atoms with Crippen LogP contribution < -0.4 is 5.73 Å². The maximum absolute atomic E-state index is 11.0. The second-order valence-electron chi connectivity index (χ2n) is 3.59. The Morgan fingerprint density at radius 3 is 2.88 bits per heavy atom. The van der Waals surface area contributed by atoms with E-state index in [1.165, 1.54) is 6.20 Å². The Hall–Kier alpha value is -1.46. The summed E-state index contributed by atoms with van der Waals surface area (Å²) >= 11 is 3.38. The van der Waals surface area contributed by atoms with E-state index in [9.17, 15) is 4.79 Å². The number of benzene rings is 1. The number of halogens is 1. The van der Waals surface area contributed by atoms with Gasteiger partial charge in [-0.2, -0.15) is 0 Å². The summed E-state index contributed by atoms with van der Waals surface area (Å²) in [5.74, 6) is -0.473. The summed E-state index contributed by atoms with van der Waals surface area (Å²) in [5.41, 5.74) is 7.38. The zero-order chi connectivity index (χ0) is 12.4. The van der Waals surface area contributed by atoms with Gasteiger partial charge in [0.1, 0.15) is 5.01 Å². The first kappa shape index (κ1) is 12.0. The van der Waals surface area contributed by atoms with E-state index in [4.69, 9.17) is 10.5 Å². The van der Waals surface area contributed by atoms with Crippen LogP contribution in [0.1, 0.15) is 20.9 Å². The maximum atomic E-state index is 11.0. The first-order valence-electron chi connectivity index (χ1n) is 4.98. The molecular formula is C12H11BrN2O2. The van der Waals surface area contributed by atoms with Crippen molar-refractivity contribution in [1.82, 2.24) is 4.98 Å². The maximum Gasteiger partial charge on any atom is 0.250 e. The summed E-state index contributed by atoms with van der Waals surface area (Å²) < 4.78 is 5.16. The largest absolute Gasteiger partial charge is 0.366 e. The number of hydrogen-bond acceptors (Lipinski definition) is 3. The summed E-state index contributed by atoms with van der Waals surface area (Å²) in [6.07, 6.45) is 1.48. The predicted molar refractivity (Wildman–Crippen MR) is 68.9 cm³/mol. The highest BCUT2D eigenvalue weighted by Gasteiger charge is 2.08. The molecule has 0 radical (unpaired) electrons. The van der Waals surface area contributed by atoms with Crippen LogP contribution in [0.15, 0.2) is 30.5 Å². The van der Waals surface area contributed by atoms with Gasteiger partial charge in [-0.05, 0) is 17.7 Å². The van der Waals surface area contributed by atoms with Crippen molar-refractivity contribution in [3.05, 3.63) is 41.6 Å². The van der Waals surface area contributed by atoms with Gasteiger partial charge >= 0.3 is 0 Å². The van der Waals surface area contributed by atoms with E-state index in [0.717, 1.165) is 16.5 Å². The number of primary amides is 1. The minimum atomic E-state index is -0.473. The first-order chi connectivity index (χ1) is 8.11. The van der Waals surface area contributed by atoms with E-state index in [2.05, 4.69) is 20.9 Å². The normalized spacial score (nSPS) is 12.6. The summed E-state index contributed by atoms with van der Waals surface area (Å²) in [4.78, 5) is 15.2. The van der Waals surface area contributed by atoms with Crippen molar-refractivity contribution in [3.8, 4) is 0 Å². The summed E-state index contributed by atoms with van der Waals surface area (Å²) in [7, 11) is 1.62.